The molecule has 106 valence electrons. The van der Waals surface area contributed by atoms with Crippen molar-refractivity contribution in [3.05, 3.63) is 35.9 Å². The Labute approximate surface area is 115 Å². The molecule has 2 amide bonds. The normalized spacial score (nSPS) is 12.8. The zero-order valence-electron chi connectivity index (χ0n) is 11.9. The highest BCUT2D eigenvalue weighted by atomic mass is 16.3. The van der Waals surface area contributed by atoms with Crippen LogP contribution >= 0.6 is 0 Å². The van der Waals surface area contributed by atoms with Crippen molar-refractivity contribution in [3.63, 3.8) is 0 Å². The van der Waals surface area contributed by atoms with Crippen molar-refractivity contribution in [1.82, 2.24) is 10.6 Å². The third kappa shape index (κ3) is 6.25. The predicted octanol–water partition coefficient (Wildman–Crippen LogP) is 2.25. The number of carbonyl (C=O) groups is 1. The number of aliphatic hydroxyl groups is 1. The van der Waals surface area contributed by atoms with E-state index in [9.17, 15) is 4.79 Å². The minimum absolute atomic E-state index is 0.113. The number of hydrogen-bond donors (Lipinski definition) is 3. The molecule has 1 rings (SSSR count). The van der Waals surface area contributed by atoms with E-state index in [2.05, 4.69) is 10.6 Å². The highest BCUT2D eigenvalue weighted by Crippen LogP contribution is 2.18. The molecule has 1 atom stereocenters. The fourth-order valence-corrected chi connectivity index (χ4v) is 1.87. The first-order valence-corrected chi connectivity index (χ1v) is 6.64. The van der Waals surface area contributed by atoms with Crippen LogP contribution in [0.3, 0.4) is 0 Å². The molecule has 19 heavy (non-hydrogen) atoms. The first-order valence-electron chi connectivity index (χ1n) is 6.64. The van der Waals surface area contributed by atoms with Gasteiger partial charge < -0.3 is 15.7 Å². The van der Waals surface area contributed by atoms with Gasteiger partial charge in [-0.2, -0.15) is 0 Å². The molecule has 0 aromatic heterocycles. The summed E-state index contributed by atoms with van der Waals surface area (Å²) in [5.41, 5.74) is 0.885. The Bertz CT molecular complexity index is 385. The number of hydrogen-bond acceptors (Lipinski definition) is 2. The van der Waals surface area contributed by atoms with Gasteiger partial charge in [0.1, 0.15) is 0 Å². The number of nitrogens with one attached hydrogen (secondary N) is 2. The van der Waals surface area contributed by atoms with E-state index in [1.807, 2.05) is 51.1 Å². The van der Waals surface area contributed by atoms with Crippen LogP contribution in [-0.2, 0) is 0 Å². The lowest BCUT2D eigenvalue weighted by Gasteiger charge is -2.22. The van der Waals surface area contributed by atoms with Crippen molar-refractivity contribution in [3.8, 4) is 0 Å². The van der Waals surface area contributed by atoms with Crippen LogP contribution in [0.2, 0.25) is 0 Å². The molecule has 0 aliphatic heterocycles. The molecule has 3 N–H and O–H groups in total. The summed E-state index contributed by atoms with van der Waals surface area (Å²) in [7, 11) is 0. The van der Waals surface area contributed by atoms with E-state index in [1.54, 1.807) is 0 Å². The maximum Gasteiger partial charge on any atom is 0.315 e. The van der Waals surface area contributed by atoms with Crippen LogP contribution in [-0.4, -0.2) is 29.8 Å². The smallest absolute Gasteiger partial charge is 0.315 e. The van der Waals surface area contributed by atoms with Gasteiger partial charge in [0.05, 0.1) is 0 Å². The third-order valence-electron chi connectivity index (χ3n) is 2.75. The predicted molar refractivity (Wildman–Crippen MR) is 77.2 cm³/mol. The number of amides is 2. The van der Waals surface area contributed by atoms with E-state index in [0.29, 0.717) is 13.0 Å². The second kappa shape index (κ2) is 7.14. The van der Waals surface area contributed by atoms with Crippen molar-refractivity contribution in [2.75, 3.05) is 13.2 Å². The molecule has 0 saturated carbocycles. The Morgan fingerprint density at radius 1 is 1.26 bits per heavy atom. The van der Waals surface area contributed by atoms with Crippen molar-refractivity contribution in [2.45, 2.75) is 38.6 Å². The largest absolute Gasteiger partial charge is 0.396 e. The van der Waals surface area contributed by atoms with Crippen LogP contribution < -0.4 is 10.6 Å². The molecule has 0 bridgehead atoms. The van der Waals surface area contributed by atoms with Gasteiger partial charge in [-0.25, -0.2) is 4.79 Å². The summed E-state index contributed by atoms with van der Waals surface area (Å²) in [5.74, 6) is 0.136. The molecule has 1 aromatic carbocycles. The van der Waals surface area contributed by atoms with Gasteiger partial charge in [-0.3, -0.25) is 0 Å². The zero-order chi connectivity index (χ0) is 14.3. The highest BCUT2D eigenvalue weighted by molar-refractivity contribution is 5.74. The minimum Gasteiger partial charge on any atom is -0.396 e. The maximum absolute atomic E-state index is 11.7. The molecule has 0 radical (unpaired) electrons. The average molecular weight is 264 g/mol. The summed E-state index contributed by atoms with van der Waals surface area (Å²) in [4.78, 5) is 11.7. The number of benzene rings is 1. The lowest BCUT2D eigenvalue weighted by atomic mass is 9.96. The molecule has 4 heteroatoms. The van der Waals surface area contributed by atoms with Crippen LogP contribution in [0.4, 0.5) is 4.79 Å². The Balaban J connectivity index is 2.54. The summed E-state index contributed by atoms with van der Waals surface area (Å²) >= 11 is 0. The Morgan fingerprint density at radius 3 is 2.42 bits per heavy atom. The Kier molecular flexibility index (Phi) is 5.83. The Morgan fingerprint density at radius 2 is 1.89 bits per heavy atom. The molecule has 0 saturated heterocycles. The third-order valence-corrected chi connectivity index (χ3v) is 2.75. The van der Waals surface area contributed by atoms with Gasteiger partial charge in [-0.15, -0.1) is 0 Å². The molecule has 0 fully saturated rings. The SMILES string of the molecule is CC(C)(C)NC(=O)NCC(CCO)c1ccccc1. The van der Waals surface area contributed by atoms with Crippen molar-refractivity contribution in [1.29, 1.82) is 0 Å². The molecular formula is C15H24N2O2. The van der Waals surface area contributed by atoms with Gasteiger partial charge in [-0.05, 0) is 32.8 Å². The Hall–Kier alpha value is -1.55. The van der Waals surface area contributed by atoms with Crippen LogP contribution in [0.15, 0.2) is 30.3 Å². The molecule has 0 spiro atoms. The van der Waals surface area contributed by atoms with Crippen LogP contribution in [0.5, 0.6) is 0 Å². The van der Waals surface area contributed by atoms with E-state index in [1.165, 1.54) is 0 Å². The topological polar surface area (TPSA) is 61.4 Å². The average Bonchev–Trinajstić information content (AvgIpc) is 2.33. The first kappa shape index (κ1) is 15.5. The standard InChI is InChI=1S/C15H24N2O2/c1-15(2,3)17-14(19)16-11-13(9-10-18)12-7-5-4-6-8-12/h4-8,13,18H,9-11H2,1-3H3,(H2,16,17,19). The van der Waals surface area contributed by atoms with Gasteiger partial charge in [0.2, 0.25) is 0 Å². The fraction of sp³-hybridized carbons (Fsp3) is 0.533. The molecule has 0 heterocycles. The van der Waals surface area contributed by atoms with Gasteiger partial charge in [0, 0.05) is 24.6 Å². The summed E-state index contributed by atoms with van der Waals surface area (Å²) < 4.78 is 0. The van der Waals surface area contributed by atoms with Gasteiger partial charge in [0.15, 0.2) is 0 Å². The van der Waals surface area contributed by atoms with Gasteiger partial charge in [0.25, 0.3) is 0 Å². The number of urea groups is 1. The number of aliphatic hydroxyl groups excluding tert-OH is 1. The summed E-state index contributed by atoms with van der Waals surface area (Å²) in [6.45, 7) is 6.45. The quantitative estimate of drug-likeness (QED) is 0.764. The highest BCUT2D eigenvalue weighted by Gasteiger charge is 2.16. The molecule has 1 unspecified atom stereocenters. The van der Waals surface area contributed by atoms with E-state index in [0.717, 1.165) is 5.56 Å². The fourth-order valence-electron chi connectivity index (χ4n) is 1.87. The van der Waals surface area contributed by atoms with Gasteiger partial charge in [-0.1, -0.05) is 30.3 Å². The summed E-state index contributed by atoms with van der Waals surface area (Å²) in [6, 6.07) is 9.75. The zero-order valence-corrected chi connectivity index (χ0v) is 11.9. The molecule has 1 aromatic rings. The molecule has 0 aliphatic carbocycles. The summed E-state index contributed by atoms with van der Waals surface area (Å²) in [5, 5.41) is 14.8. The van der Waals surface area contributed by atoms with Crippen LogP contribution in [0, 0.1) is 0 Å². The van der Waals surface area contributed by atoms with Crippen molar-refractivity contribution >= 4 is 6.03 Å². The first-order chi connectivity index (χ1) is 8.92. The number of rotatable bonds is 5. The van der Waals surface area contributed by atoms with E-state index in [4.69, 9.17) is 5.11 Å². The lowest BCUT2D eigenvalue weighted by Crippen LogP contribution is -2.47. The summed E-state index contributed by atoms with van der Waals surface area (Å²) in [6.07, 6.45) is 0.639. The molecule has 0 aliphatic rings. The van der Waals surface area contributed by atoms with E-state index < -0.39 is 0 Å². The lowest BCUT2D eigenvalue weighted by molar-refractivity contribution is 0.229. The second-order valence-electron chi connectivity index (χ2n) is 5.70. The minimum atomic E-state index is -0.247. The van der Waals surface area contributed by atoms with Crippen molar-refractivity contribution < 1.29 is 9.90 Å². The van der Waals surface area contributed by atoms with Gasteiger partial charge >= 0.3 is 6.03 Å². The molecule has 4 nitrogen and oxygen atoms in total. The van der Waals surface area contributed by atoms with Crippen molar-refractivity contribution in [2.24, 2.45) is 0 Å². The van der Waals surface area contributed by atoms with E-state index in [-0.39, 0.29) is 24.1 Å². The monoisotopic (exact) mass is 264 g/mol. The molecular weight excluding hydrogens is 240 g/mol. The number of carbonyl (C=O) groups excluding carboxylic acids is 1. The maximum atomic E-state index is 11.7. The van der Waals surface area contributed by atoms with E-state index >= 15 is 0 Å². The van der Waals surface area contributed by atoms with Crippen LogP contribution in [0.25, 0.3) is 0 Å². The second-order valence-corrected chi connectivity index (χ2v) is 5.70. The van der Waals surface area contributed by atoms with Crippen LogP contribution in [0.1, 0.15) is 38.7 Å².